The van der Waals surface area contributed by atoms with Crippen LogP contribution in [0.3, 0.4) is 0 Å². The summed E-state index contributed by atoms with van der Waals surface area (Å²) < 4.78 is 0. The summed E-state index contributed by atoms with van der Waals surface area (Å²) in [6.07, 6.45) is 0.680. The molecule has 7 heteroatoms. The Bertz CT molecular complexity index is 655. The molecule has 0 radical (unpaired) electrons. The van der Waals surface area contributed by atoms with Crippen LogP contribution < -0.4 is 10.6 Å². The summed E-state index contributed by atoms with van der Waals surface area (Å²) in [6, 6.07) is 7.33. The molecule has 116 valence electrons. The van der Waals surface area contributed by atoms with E-state index in [1.165, 1.54) is 18.3 Å². The molecule has 0 aliphatic heterocycles. The lowest BCUT2D eigenvalue weighted by atomic mass is 10.2. The van der Waals surface area contributed by atoms with E-state index >= 15 is 0 Å². The second kappa shape index (κ2) is 7.91. The number of thiazole rings is 1. The normalized spacial score (nSPS) is 10.3. The van der Waals surface area contributed by atoms with Crippen molar-refractivity contribution in [2.45, 2.75) is 13.3 Å². The average Bonchev–Trinajstić information content (AvgIpc) is 2.97. The molecule has 0 saturated heterocycles. The van der Waals surface area contributed by atoms with Gasteiger partial charge < -0.3 is 10.6 Å². The van der Waals surface area contributed by atoms with Gasteiger partial charge in [-0.15, -0.1) is 11.3 Å². The van der Waals surface area contributed by atoms with Crippen LogP contribution >= 0.6 is 22.9 Å². The highest BCUT2D eigenvalue weighted by molar-refractivity contribution is 7.13. The molecule has 2 amide bonds. The Hall–Kier alpha value is -1.92. The first kappa shape index (κ1) is 16.5. The van der Waals surface area contributed by atoms with Gasteiger partial charge >= 0.3 is 0 Å². The van der Waals surface area contributed by atoms with Crippen molar-refractivity contribution in [3.8, 4) is 10.6 Å². The van der Waals surface area contributed by atoms with Gasteiger partial charge in [0.05, 0.1) is 0 Å². The lowest BCUT2D eigenvalue weighted by Crippen LogP contribution is -2.28. The molecule has 0 aliphatic carbocycles. The van der Waals surface area contributed by atoms with Crippen LogP contribution in [-0.4, -0.2) is 29.9 Å². The third kappa shape index (κ3) is 4.82. The van der Waals surface area contributed by atoms with Crippen LogP contribution in [0, 0.1) is 0 Å². The molecule has 2 rings (SSSR count). The summed E-state index contributed by atoms with van der Waals surface area (Å²) in [5.74, 6) is -0.280. The van der Waals surface area contributed by atoms with E-state index in [0.29, 0.717) is 30.2 Å². The zero-order valence-electron chi connectivity index (χ0n) is 12.1. The summed E-state index contributed by atoms with van der Waals surface area (Å²) in [5.41, 5.74) is 1.33. The molecule has 0 aliphatic rings. The SMILES string of the molecule is CC(=O)NCCCNC(=O)c1csc(-c2ccc(Cl)cc2)n1. The third-order valence-electron chi connectivity index (χ3n) is 2.84. The summed E-state index contributed by atoms with van der Waals surface area (Å²) in [6.45, 7) is 2.50. The molecule has 0 fully saturated rings. The van der Waals surface area contributed by atoms with Crippen molar-refractivity contribution >= 4 is 34.8 Å². The summed E-state index contributed by atoms with van der Waals surface area (Å²) >= 11 is 7.26. The maximum absolute atomic E-state index is 12.0. The van der Waals surface area contributed by atoms with E-state index in [-0.39, 0.29) is 11.8 Å². The Morgan fingerprint density at radius 2 is 1.86 bits per heavy atom. The highest BCUT2D eigenvalue weighted by Gasteiger charge is 2.11. The number of rotatable bonds is 6. The first-order chi connectivity index (χ1) is 10.6. The van der Waals surface area contributed by atoms with Crippen LogP contribution in [0.2, 0.25) is 5.02 Å². The highest BCUT2D eigenvalue weighted by Crippen LogP contribution is 2.24. The molecule has 0 atom stereocenters. The Morgan fingerprint density at radius 1 is 1.18 bits per heavy atom. The van der Waals surface area contributed by atoms with Gasteiger partial charge in [-0.3, -0.25) is 9.59 Å². The average molecular weight is 338 g/mol. The van der Waals surface area contributed by atoms with Crippen molar-refractivity contribution in [1.29, 1.82) is 0 Å². The second-order valence-electron chi connectivity index (χ2n) is 4.64. The maximum atomic E-state index is 12.0. The monoisotopic (exact) mass is 337 g/mol. The molecule has 0 unspecified atom stereocenters. The molecular formula is C15H16ClN3O2S. The minimum absolute atomic E-state index is 0.0709. The van der Waals surface area contributed by atoms with Crippen molar-refractivity contribution in [2.24, 2.45) is 0 Å². The van der Waals surface area contributed by atoms with Crippen molar-refractivity contribution < 1.29 is 9.59 Å². The van der Waals surface area contributed by atoms with Gasteiger partial charge in [0.25, 0.3) is 5.91 Å². The van der Waals surface area contributed by atoms with E-state index in [4.69, 9.17) is 11.6 Å². The fourth-order valence-corrected chi connectivity index (χ4v) is 2.68. The smallest absolute Gasteiger partial charge is 0.270 e. The lowest BCUT2D eigenvalue weighted by Gasteiger charge is -2.03. The van der Waals surface area contributed by atoms with Crippen LogP contribution in [0.15, 0.2) is 29.6 Å². The van der Waals surface area contributed by atoms with Gasteiger partial charge in [0, 0.05) is 36.0 Å². The number of amides is 2. The van der Waals surface area contributed by atoms with E-state index in [2.05, 4.69) is 15.6 Å². The Labute approximate surface area is 137 Å². The van der Waals surface area contributed by atoms with E-state index in [0.717, 1.165) is 10.6 Å². The van der Waals surface area contributed by atoms with E-state index in [9.17, 15) is 9.59 Å². The molecule has 1 aromatic heterocycles. The Kier molecular flexibility index (Phi) is 5.91. The van der Waals surface area contributed by atoms with Crippen LogP contribution in [0.25, 0.3) is 10.6 Å². The number of carbonyl (C=O) groups excluding carboxylic acids is 2. The lowest BCUT2D eigenvalue weighted by molar-refractivity contribution is -0.118. The molecule has 2 aromatic rings. The molecule has 0 spiro atoms. The zero-order valence-corrected chi connectivity index (χ0v) is 13.6. The summed E-state index contributed by atoms with van der Waals surface area (Å²) in [7, 11) is 0. The Morgan fingerprint density at radius 3 is 2.55 bits per heavy atom. The second-order valence-corrected chi connectivity index (χ2v) is 5.93. The quantitative estimate of drug-likeness (QED) is 0.796. The molecule has 0 saturated carbocycles. The van der Waals surface area contributed by atoms with Crippen LogP contribution in [-0.2, 0) is 4.79 Å². The maximum Gasteiger partial charge on any atom is 0.270 e. The van der Waals surface area contributed by atoms with Gasteiger partial charge in [0.1, 0.15) is 10.7 Å². The van der Waals surface area contributed by atoms with Gasteiger partial charge in [-0.25, -0.2) is 4.98 Å². The minimum Gasteiger partial charge on any atom is -0.356 e. The van der Waals surface area contributed by atoms with Crippen molar-refractivity contribution in [1.82, 2.24) is 15.6 Å². The highest BCUT2D eigenvalue weighted by atomic mass is 35.5. The van der Waals surface area contributed by atoms with Crippen LogP contribution in [0.5, 0.6) is 0 Å². The standard InChI is InChI=1S/C15H16ClN3O2S/c1-10(20)17-7-2-8-18-14(21)13-9-22-15(19-13)11-3-5-12(16)6-4-11/h3-6,9H,2,7-8H2,1H3,(H,17,20)(H,18,21). The van der Waals surface area contributed by atoms with Gasteiger partial charge in [-0.05, 0) is 18.6 Å². The predicted molar refractivity (Wildman–Crippen MR) is 88.2 cm³/mol. The first-order valence-corrected chi connectivity index (χ1v) is 8.06. The Balaban J connectivity index is 1.86. The van der Waals surface area contributed by atoms with Gasteiger partial charge in [-0.2, -0.15) is 0 Å². The molecule has 0 bridgehead atoms. The number of aromatic nitrogens is 1. The summed E-state index contributed by atoms with van der Waals surface area (Å²) in [5, 5.41) is 8.63. The van der Waals surface area contributed by atoms with E-state index < -0.39 is 0 Å². The molecule has 1 aromatic carbocycles. The molecule has 1 heterocycles. The number of nitrogens with one attached hydrogen (secondary N) is 2. The fraction of sp³-hybridized carbons (Fsp3) is 0.267. The van der Waals surface area contributed by atoms with Crippen LogP contribution in [0.1, 0.15) is 23.8 Å². The molecule has 2 N–H and O–H groups in total. The van der Waals surface area contributed by atoms with Gasteiger partial charge in [0.15, 0.2) is 0 Å². The molecule has 22 heavy (non-hydrogen) atoms. The van der Waals surface area contributed by atoms with Gasteiger partial charge in [0.2, 0.25) is 5.91 Å². The predicted octanol–water partition coefficient (Wildman–Crippen LogP) is 2.72. The number of halogens is 1. The number of nitrogens with zero attached hydrogens (tertiary/aromatic N) is 1. The number of benzene rings is 1. The fourth-order valence-electron chi connectivity index (χ4n) is 1.75. The third-order valence-corrected chi connectivity index (χ3v) is 3.98. The van der Waals surface area contributed by atoms with Crippen molar-refractivity contribution in [2.75, 3.05) is 13.1 Å². The van der Waals surface area contributed by atoms with E-state index in [1.807, 2.05) is 12.1 Å². The first-order valence-electron chi connectivity index (χ1n) is 6.80. The summed E-state index contributed by atoms with van der Waals surface area (Å²) in [4.78, 5) is 27.0. The molecule has 5 nitrogen and oxygen atoms in total. The minimum atomic E-state index is -0.209. The largest absolute Gasteiger partial charge is 0.356 e. The van der Waals surface area contributed by atoms with Crippen molar-refractivity contribution in [3.05, 3.63) is 40.4 Å². The zero-order chi connectivity index (χ0) is 15.9. The van der Waals surface area contributed by atoms with Crippen LogP contribution in [0.4, 0.5) is 0 Å². The number of hydrogen-bond donors (Lipinski definition) is 2. The topological polar surface area (TPSA) is 71.1 Å². The van der Waals surface area contributed by atoms with Crippen molar-refractivity contribution in [3.63, 3.8) is 0 Å². The van der Waals surface area contributed by atoms with E-state index in [1.54, 1.807) is 17.5 Å². The molecular weight excluding hydrogens is 322 g/mol. The van der Waals surface area contributed by atoms with Gasteiger partial charge in [-0.1, -0.05) is 23.7 Å². The number of hydrogen-bond acceptors (Lipinski definition) is 4. The number of carbonyl (C=O) groups is 2.